The zero-order valence-electron chi connectivity index (χ0n) is 12.6. The molecular weight excluding hydrogens is 306 g/mol. The van der Waals surface area contributed by atoms with Crippen LogP contribution in [0.2, 0.25) is 0 Å². The van der Waals surface area contributed by atoms with Gasteiger partial charge in [-0.15, -0.1) is 0 Å². The molecule has 0 aliphatic carbocycles. The van der Waals surface area contributed by atoms with Gasteiger partial charge in [-0.05, 0) is 24.3 Å². The topological polar surface area (TPSA) is 111 Å². The summed E-state index contributed by atoms with van der Waals surface area (Å²) in [6.07, 6.45) is 4.33. The molecule has 2 aromatic heterocycles. The number of fused-ring (bicyclic) bond motifs is 1. The third-order valence-corrected chi connectivity index (χ3v) is 3.31. The number of pyridine rings is 1. The molecule has 0 spiro atoms. The number of nitrogens with zero attached hydrogens (tertiary/aromatic N) is 3. The smallest absolute Gasteiger partial charge is 0.286 e. The molecule has 0 aliphatic rings. The van der Waals surface area contributed by atoms with Crippen molar-refractivity contribution >= 4 is 28.4 Å². The first-order valence-electron chi connectivity index (χ1n) is 7.03. The maximum Gasteiger partial charge on any atom is 0.286 e. The lowest BCUT2D eigenvalue weighted by molar-refractivity contribution is -0.111. The van der Waals surface area contributed by atoms with Crippen molar-refractivity contribution in [3.63, 3.8) is 0 Å². The van der Waals surface area contributed by atoms with E-state index in [1.807, 2.05) is 12.1 Å². The van der Waals surface area contributed by atoms with Crippen LogP contribution in [0.3, 0.4) is 0 Å². The van der Waals surface area contributed by atoms with E-state index in [1.54, 1.807) is 30.6 Å². The summed E-state index contributed by atoms with van der Waals surface area (Å²) in [6, 6.07) is 8.88. The van der Waals surface area contributed by atoms with Gasteiger partial charge in [-0.25, -0.2) is 9.97 Å². The number of carbonyl (C=O) groups is 2. The molecule has 0 atom stereocenters. The fourth-order valence-corrected chi connectivity index (χ4v) is 2.16. The van der Waals surface area contributed by atoms with E-state index in [-0.39, 0.29) is 11.7 Å². The zero-order valence-corrected chi connectivity index (χ0v) is 12.6. The Balaban J connectivity index is 2.02. The highest BCUT2D eigenvalue weighted by Gasteiger charge is 2.08. The third kappa shape index (κ3) is 3.09. The molecule has 3 N–H and O–H groups in total. The second-order valence-corrected chi connectivity index (χ2v) is 4.95. The lowest BCUT2D eigenvalue weighted by atomic mass is 10.1. The van der Waals surface area contributed by atoms with E-state index in [0.717, 1.165) is 10.9 Å². The van der Waals surface area contributed by atoms with Crippen molar-refractivity contribution in [3.8, 4) is 11.3 Å². The van der Waals surface area contributed by atoms with Gasteiger partial charge in [0.25, 0.3) is 5.91 Å². The average molecular weight is 319 g/mol. The Morgan fingerprint density at radius 1 is 1.17 bits per heavy atom. The number of anilines is 1. The normalized spacial score (nSPS) is 10.3. The molecule has 2 heterocycles. The molecule has 0 aliphatic heterocycles. The number of primary amides is 1. The van der Waals surface area contributed by atoms with Crippen molar-refractivity contribution in [2.24, 2.45) is 5.73 Å². The Morgan fingerprint density at radius 3 is 2.75 bits per heavy atom. The van der Waals surface area contributed by atoms with Crippen LogP contribution in [0.25, 0.3) is 22.2 Å². The van der Waals surface area contributed by atoms with Crippen LogP contribution in [0.4, 0.5) is 5.69 Å². The highest BCUT2D eigenvalue weighted by molar-refractivity contribution is 5.99. The van der Waals surface area contributed by atoms with Crippen molar-refractivity contribution in [3.05, 3.63) is 61.2 Å². The van der Waals surface area contributed by atoms with E-state index in [0.29, 0.717) is 16.9 Å². The Kier molecular flexibility index (Phi) is 3.98. The molecule has 2 amide bonds. The first kappa shape index (κ1) is 15.3. The highest BCUT2D eigenvalue weighted by Crippen LogP contribution is 2.23. The largest absolute Gasteiger partial charge is 0.363 e. The van der Waals surface area contributed by atoms with Gasteiger partial charge in [0, 0.05) is 29.0 Å². The number of rotatable bonds is 4. The summed E-state index contributed by atoms with van der Waals surface area (Å²) in [5.41, 5.74) is 7.83. The van der Waals surface area contributed by atoms with Gasteiger partial charge in [0.15, 0.2) is 0 Å². The molecule has 3 aromatic rings. The summed E-state index contributed by atoms with van der Waals surface area (Å²) in [7, 11) is 0. The maximum atomic E-state index is 11.4. The standard InChI is InChI=1S/C17H13N5O2/c1-2-15(23)21-12-5-6-19-13(8-12)10-3-4-11-9-20-17(16(18)24)22-14(11)7-10/h2-9H,1H2,(H2,18,24)(H,19,21,23). The first-order chi connectivity index (χ1) is 11.6. The first-order valence-corrected chi connectivity index (χ1v) is 7.03. The van der Waals surface area contributed by atoms with E-state index in [2.05, 4.69) is 26.8 Å². The lowest BCUT2D eigenvalue weighted by Gasteiger charge is -2.06. The van der Waals surface area contributed by atoms with E-state index in [4.69, 9.17) is 5.73 Å². The number of aromatic nitrogens is 3. The van der Waals surface area contributed by atoms with Crippen molar-refractivity contribution in [1.29, 1.82) is 0 Å². The Hall–Kier alpha value is -3.61. The van der Waals surface area contributed by atoms with Gasteiger partial charge in [-0.3, -0.25) is 14.6 Å². The quantitative estimate of drug-likeness (QED) is 0.714. The molecule has 0 saturated carbocycles. The van der Waals surface area contributed by atoms with Crippen LogP contribution in [0.1, 0.15) is 10.6 Å². The third-order valence-electron chi connectivity index (χ3n) is 3.31. The number of carbonyl (C=O) groups excluding carboxylic acids is 2. The van der Waals surface area contributed by atoms with Gasteiger partial charge in [0.05, 0.1) is 11.2 Å². The van der Waals surface area contributed by atoms with Crippen LogP contribution in [-0.2, 0) is 4.79 Å². The van der Waals surface area contributed by atoms with Gasteiger partial charge in [0.2, 0.25) is 11.7 Å². The van der Waals surface area contributed by atoms with Gasteiger partial charge in [-0.1, -0.05) is 18.7 Å². The van der Waals surface area contributed by atoms with Crippen LogP contribution < -0.4 is 11.1 Å². The number of nitrogens with two attached hydrogens (primary N) is 1. The lowest BCUT2D eigenvalue weighted by Crippen LogP contribution is -2.14. The summed E-state index contributed by atoms with van der Waals surface area (Å²) < 4.78 is 0. The van der Waals surface area contributed by atoms with Gasteiger partial charge in [-0.2, -0.15) is 0 Å². The van der Waals surface area contributed by atoms with Crippen LogP contribution in [0.5, 0.6) is 0 Å². The molecule has 0 fully saturated rings. The SMILES string of the molecule is C=CC(=O)Nc1ccnc(-c2ccc3cnc(C(N)=O)nc3c2)c1. The van der Waals surface area contributed by atoms with E-state index < -0.39 is 5.91 Å². The molecule has 7 heteroatoms. The minimum Gasteiger partial charge on any atom is -0.363 e. The molecule has 0 bridgehead atoms. The number of hydrogen-bond donors (Lipinski definition) is 2. The van der Waals surface area contributed by atoms with Crippen molar-refractivity contribution < 1.29 is 9.59 Å². The van der Waals surface area contributed by atoms with E-state index >= 15 is 0 Å². The summed E-state index contributed by atoms with van der Waals surface area (Å²) in [5, 5.41) is 3.46. The van der Waals surface area contributed by atoms with Crippen LogP contribution in [0, 0.1) is 0 Å². The van der Waals surface area contributed by atoms with Crippen LogP contribution in [-0.4, -0.2) is 26.8 Å². The zero-order chi connectivity index (χ0) is 17.1. The van der Waals surface area contributed by atoms with Crippen molar-refractivity contribution in [2.45, 2.75) is 0 Å². The van der Waals surface area contributed by atoms with Gasteiger partial charge >= 0.3 is 0 Å². The second kappa shape index (κ2) is 6.25. The van der Waals surface area contributed by atoms with Crippen molar-refractivity contribution in [2.75, 3.05) is 5.32 Å². The Morgan fingerprint density at radius 2 is 2.00 bits per heavy atom. The molecule has 0 saturated heterocycles. The summed E-state index contributed by atoms with van der Waals surface area (Å²) in [6.45, 7) is 3.41. The molecular formula is C17H13N5O2. The van der Waals surface area contributed by atoms with Crippen LogP contribution >= 0.6 is 0 Å². The molecule has 118 valence electrons. The molecule has 3 rings (SSSR count). The fourth-order valence-electron chi connectivity index (χ4n) is 2.16. The molecule has 0 radical (unpaired) electrons. The fraction of sp³-hybridized carbons (Fsp3) is 0. The number of hydrogen-bond acceptors (Lipinski definition) is 5. The maximum absolute atomic E-state index is 11.4. The predicted octanol–water partition coefficient (Wildman–Crippen LogP) is 1.92. The number of nitrogens with one attached hydrogen (secondary N) is 1. The van der Waals surface area contributed by atoms with E-state index in [1.165, 1.54) is 6.08 Å². The predicted molar refractivity (Wildman–Crippen MR) is 90.1 cm³/mol. The van der Waals surface area contributed by atoms with Crippen LogP contribution in [0.15, 0.2) is 55.4 Å². The number of benzene rings is 1. The Bertz CT molecular complexity index is 968. The Labute approximate surface area is 137 Å². The summed E-state index contributed by atoms with van der Waals surface area (Å²) >= 11 is 0. The van der Waals surface area contributed by atoms with E-state index in [9.17, 15) is 9.59 Å². The summed E-state index contributed by atoms with van der Waals surface area (Å²) in [4.78, 5) is 35.0. The molecule has 24 heavy (non-hydrogen) atoms. The minimum atomic E-state index is -0.686. The van der Waals surface area contributed by atoms with Gasteiger partial charge < -0.3 is 11.1 Å². The molecule has 7 nitrogen and oxygen atoms in total. The monoisotopic (exact) mass is 319 g/mol. The second-order valence-electron chi connectivity index (χ2n) is 4.95. The molecule has 0 unspecified atom stereocenters. The minimum absolute atomic E-state index is 0.0420. The highest BCUT2D eigenvalue weighted by atomic mass is 16.2. The van der Waals surface area contributed by atoms with Crippen molar-refractivity contribution in [1.82, 2.24) is 15.0 Å². The average Bonchev–Trinajstić information content (AvgIpc) is 2.60. The number of amides is 2. The molecule has 1 aromatic carbocycles. The summed E-state index contributed by atoms with van der Waals surface area (Å²) in [5.74, 6) is -1.03. The van der Waals surface area contributed by atoms with Gasteiger partial charge in [0.1, 0.15) is 0 Å².